The molecule has 0 saturated carbocycles. The maximum atomic E-state index is 12.3. The molecular formula is C67H118O5. The highest BCUT2D eigenvalue weighted by atomic mass is 16.6. The number of carbonyl (C=O) groups is 2. The Kier molecular flexibility index (Phi) is 59.8. The first-order chi connectivity index (χ1) is 35.6. The van der Waals surface area contributed by atoms with Crippen LogP contribution in [0.4, 0.5) is 0 Å². The average Bonchev–Trinajstić information content (AvgIpc) is 3.38. The van der Waals surface area contributed by atoms with Crippen molar-refractivity contribution in [2.24, 2.45) is 0 Å². The molecule has 0 aliphatic heterocycles. The second-order valence-corrected chi connectivity index (χ2v) is 20.8. The first kappa shape index (κ1) is 69.1. The van der Waals surface area contributed by atoms with Crippen LogP contribution in [0.5, 0.6) is 0 Å². The normalized spacial score (nSPS) is 12.8. The molecule has 0 aliphatic carbocycles. The quantitative estimate of drug-likeness (QED) is 0.0373. The zero-order chi connectivity index (χ0) is 52.0. The van der Waals surface area contributed by atoms with Gasteiger partial charge in [-0.1, -0.05) is 311 Å². The van der Waals surface area contributed by atoms with E-state index >= 15 is 0 Å². The van der Waals surface area contributed by atoms with Crippen molar-refractivity contribution in [2.75, 3.05) is 13.2 Å². The minimum absolute atomic E-state index is 0.0634. The lowest BCUT2D eigenvalue weighted by Crippen LogP contribution is -2.28. The number of esters is 2. The number of hydrogen-bond donors (Lipinski definition) is 1. The highest BCUT2D eigenvalue weighted by molar-refractivity contribution is 5.70. The summed E-state index contributed by atoms with van der Waals surface area (Å²) in [6.45, 7) is 4.06. The first-order valence-electron chi connectivity index (χ1n) is 31.1. The van der Waals surface area contributed by atoms with Gasteiger partial charge in [-0.05, 0) is 70.6 Å². The Morgan fingerprint density at radius 3 is 0.903 bits per heavy atom. The molecule has 1 atom stereocenters. The first-order valence-corrected chi connectivity index (χ1v) is 31.1. The van der Waals surface area contributed by atoms with E-state index in [1.165, 1.54) is 199 Å². The van der Waals surface area contributed by atoms with Crippen LogP contribution in [0.3, 0.4) is 0 Å². The highest BCUT2D eigenvalue weighted by Crippen LogP contribution is 2.17. The maximum absolute atomic E-state index is 12.3. The van der Waals surface area contributed by atoms with Crippen LogP contribution in [0.15, 0.2) is 85.1 Å². The topological polar surface area (TPSA) is 72.8 Å². The van der Waals surface area contributed by atoms with E-state index in [4.69, 9.17) is 9.47 Å². The maximum Gasteiger partial charge on any atom is 0.306 e. The van der Waals surface area contributed by atoms with E-state index in [2.05, 4.69) is 98.9 Å². The van der Waals surface area contributed by atoms with E-state index in [0.29, 0.717) is 12.8 Å². The number of ether oxygens (including phenoxy) is 2. The highest BCUT2D eigenvalue weighted by Gasteiger charge is 2.16. The van der Waals surface area contributed by atoms with E-state index in [1.807, 2.05) is 0 Å². The van der Waals surface area contributed by atoms with Gasteiger partial charge < -0.3 is 14.6 Å². The van der Waals surface area contributed by atoms with Crippen LogP contribution in [-0.4, -0.2) is 36.4 Å². The Morgan fingerprint density at radius 2 is 0.597 bits per heavy atom. The Morgan fingerprint density at radius 1 is 0.333 bits per heavy atom. The molecule has 5 heteroatoms. The van der Waals surface area contributed by atoms with Gasteiger partial charge in [-0.15, -0.1) is 0 Å². The monoisotopic (exact) mass is 1000 g/mol. The lowest BCUT2D eigenvalue weighted by atomic mass is 10.0. The minimum Gasteiger partial charge on any atom is -0.462 e. The lowest BCUT2D eigenvalue weighted by Gasteiger charge is -2.15. The molecule has 0 amide bonds. The van der Waals surface area contributed by atoms with E-state index in [1.54, 1.807) is 0 Å². The fourth-order valence-electron chi connectivity index (χ4n) is 9.07. The second-order valence-electron chi connectivity index (χ2n) is 20.8. The number of rotatable bonds is 57. The molecule has 0 bridgehead atoms. The van der Waals surface area contributed by atoms with Gasteiger partial charge in [0.05, 0.1) is 6.61 Å². The fraction of sp³-hybridized carbons (Fsp3) is 0.761. The molecule has 0 heterocycles. The van der Waals surface area contributed by atoms with Crippen molar-refractivity contribution in [3.63, 3.8) is 0 Å². The third-order valence-electron chi connectivity index (χ3n) is 13.7. The largest absolute Gasteiger partial charge is 0.462 e. The van der Waals surface area contributed by atoms with Crippen molar-refractivity contribution in [3.05, 3.63) is 85.1 Å². The number of aliphatic hydroxyl groups is 1. The molecule has 0 aromatic heterocycles. The SMILES string of the molecule is CC/C=C\C/C=C\C/C=C\C/C=C\C/C=C\C/C=C\C/C=C\CCCCCCCCCCCCCCCCCC(=O)OC(CO)COC(=O)CCCCCCCCCCCCCCCCCCCCCCC. The Balaban J connectivity index is 3.47. The van der Waals surface area contributed by atoms with Crippen molar-refractivity contribution in [1.29, 1.82) is 0 Å². The predicted octanol–water partition coefficient (Wildman–Crippen LogP) is 21.3. The molecule has 5 nitrogen and oxygen atoms in total. The van der Waals surface area contributed by atoms with Crippen molar-refractivity contribution in [1.82, 2.24) is 0 Å². The van der Waals surface area contributed by atoms with E-state index in [0.717, 1.165) is 83.5 Å². The summed E-state index contributed by atoms with van der Waals surface area (Å²) in [5, 5.41) is 9.67. The lowest BCUT2D eigenvalue weighted by molar-refractivity contribution is -0.161. The Hall–Kier alpha value is -2.92. The third-order valence-corrected chi connectivity index (χ3v) is 13.7. The molecule has 0 spiro atoms. The molecule has 0 saturated heterocycles. The molecule has 0 fully saturated rings. The number of allylic oxidation sites excluding steroid dienone is 14. The Bertz CT molecular complexity index is 1320. The molecule has 72 heavy (non-hydrogen) atoms. The van der Waals surface area contributed by atoms with Gasteiger partial charge in [0.2, 0.25) is 0 Å². The van der Waals surface area contributed by atoms with Crippen molar-refractivity contribution >= 4 is 11.9 Å². The molecular weight excluding hydrogens is 885 g/mol. The smallest absolute Gasteiger partial charge is 0.306 e. The van der Waals surface area contributed by atoms with Crippen molar-refractivity contribution in [2.45, 2.75) is 315 Å². The molecule has 0 radical (unpaired) electrons. The van der Waals surface area contributed by atoms with Crippen molar-refractivity contribution < 1.29 is 24.2 Å². The van der Waals surface area contributed by atoms with Gasteiger partial charge >= 0.3 is 11.9 Å². The zero-order valence-corrected chi connectivity index (χ0v) is 47.7. The summed E-state index contributed by atoms with van der Waals surface area (Å²) >= 11 is 0. The number of carbonyl (C=O) groups excluding carboxylic acids is 2. The summed E-state index contributed by atoms with van der Waals surface area (Å²) in [6.07, 6.45) is 87.2. The second kappa shape index (κ2) is 62.4. The molecule has 0 aromatic carbocycles. The minimum atomic E-state index is -0.773. The summed E-state index contributed by atoms with van der Waals surface area (Å²) in [6, 6.07) is 0. The fourth-order valence-corrected chi connectivity index (χ4v) is 9.07. The average molecular weight is 1000 g/mol. The summed E-state index contributed by atoms with van der Waals surface area (Å²) in [5.41, 5.74) is 0. The Labute approximate surface area is 447 Å². The summed E-state index contributed by atoms with van der Waals surface area (Å²) in [7, 11) is 0. The van der Waals surface area contributed by atoms with Crippen LogP contribution >= 0.6 is 0 Å². The summed E-state index contributed by atoms with van der Waals surface area (Å²) in [4.78, 5) is 24.6. The zero-order valence-electron chi connectivity index (χ0n) is 47.7. The van der Waals surface area contributed by atoms with Gasteiger partial charge in [0, 0.05) is 12.8 Å². The van der Waals surface area contributed by atoms with Gasteiger partial charge in [0.25, 0.3) is 0 Å². The third kappa shape index (κ3) is 59.6. The van der Waals surface area contributed by atoms with Crippen LogP contribution in [0.25, 0.3) is 0 Å². The van der Waals surface area contributed by atoms with E-state index in [9.17, 15) is 14.7 Å². The summed E-state index contributed by atoms with van der Waals surface area (Å²) in [5.74, 6) is -0.577. The van der Waals surface area contributed by atoms with Gasteiger partial charge in [-0.3, -0.25) is 9.59 Å². The number of unbranched alkanes of at least 4 members (excludes halogenated alkanes) is 35. The van der Waals surface area contributed by atoms with Gasteiger partial charge in [-0.2, -0.15) is 0 Å². The van der Waals surface area contributed by atoms with Crippen LogP contribution in [0, 0.1) is 0 Å². The van der Waals surface area contributed by atoms with Crippen LogP contribution in [-0.2, 0) is 19.1 Å². The van der Waals surface area contributed by atoms with Crippen LogP contribution < -0.4 is 0 Å². The number of hydrogen-bond acceptors (Lipinski definition) is 5. The number of aliphatic hydroxyl groups excluding tert-OH is 1. The van der Waals surface area contributed by atoms with E-state index in [-0.39, 0.29) is 25.2 Å². The van der Waals surface area contributed by atoms with Crippen LogP contribution in [0.2, 0.25) is 0 Å². The molecule has 1 N–H and O–H groups in total. The molecule has 1 unspecified atom stereocenters. The van der Waals surface area contributed by atoms with Gasteiger partial charge in [0.1, 0.15) is 6.61 Å². The van der Waals surface area contributed by atoms with Crippen LogP contribution in [0.1, 0.15) is 309 Å². The molecule has 0 aliphatic rings. The van der Waals surface area contributed by atoms with Crippen molar-refractivity contribution in [3.8, 4) is 0 Å². The molecule has 0 aromatic rings. The molecule has 416 valence electrons. The van der Waals surface area contributed by atoms with Gasteiger partial charge in [-0.25, -0.2) is 0 Å². The summed E-state index contributed by atoms with van der Waals surface area (Å²) < 4.78 is 10.7. The predicted molar refractivity (Wildman–Crippen MR) is 316 cm³/mol. The van der Waals surface area contributed by atoms with Gasteiger partial charge in [0.15, 0.2) is 6.10 Å². The molecule has 0 rings (SSSR count). The van der Waals surface area contributed by atoms with E-state index < -0.39 is 6.10 Å². The standard InChI is InChI=1S/C67H118O5/c1-3-5-7-9-11-13-15-17-19-21-23-25-26-27-28-29-30-31-32-33-34-35-36-37-38-39-40-42-44-46-48-50-52-54-56-58-60-62-67(70)72-65(63-68)64-71-66(69)61-59-57-55-53-51-49-47-45-43-41-24-22-20-18-16-14-12-10-8-6-4-2/h5,7,11,13,17,19,23,25,27-28,30-31,33-34,65,68H,3-4,6,8-10,12,14-16,18,20-22,24,26,29,32,35-64H2,1-2H3/b7-5-,13-11-,19-17-,25-23-,28-27-,31-30-,34-33-.